The van der Waals surface area contributed by atoms with Crippen LogP contribution in [-0.2, 0) is 13.2 Å². The van der Waals surface area contributed by atoms with Crippen molar-refractivity contribution in [1.82, 2.24) is 5.32 Å². The fraction of sp³-hybridized carbons (Fsp3) is 0.368. The van der Waals surface area contributed by atoms with Gasteiger partial charge in [-0.1, -0.05) is 41.9 Å². The first-order valence-corrected chi connectivity index (χ1v) is 8.73. The van der Waals surface area contributed by atoms with Gasteiger partial charge in [0.1, 0.15) is 12.4 Å². The van der Waals surface area contributed by atoms with E-state index in [0.717, 1.165) is 28.7 Å². The number of methoxy groups -OCH3 is 1. The van der Waals surface area contributed by atoms with Crippen LogP contribution in [0, 0.1) is 11.7 Å². The molecule has 24 heavy (non-hydrogen) atoms. The maximum atomic E-state index is 12.9. The van der Waals surface area contributed by atoms with E-state index in [2.05, 4.69) is 35.1 Å². The van der Waals surface area contributed by atoms with Crippen molar-refractivity contribution < 1.29 is 13.9 Å². The van der Waals surface area contributed by atoms with Gasteiger partial charge in [0.25, 0.3) is 0 Å². The standard InChI is InChI=1S/C19H23BrFNO2/c1-13(2)10-22-11-15-8-18(23-3)19(9-17(15)20)24-12-14-4-6-16(21)7-5-14/h4-9,13,22H,10-12H2,1-3H3. The molecule has 0 saturated carbocycles. The van der Waals surface area contributed by atoms with E-state index in [9.17, 15) is 4.39 Å². The summed E-state index contributed by atoms with van der Waals surface area (Å²) in [4.78, 5) is 0. The number of hydrogen-bond donors (Lipinski definition) is 1. The number of benzene rings is 2. The van der Waals surface area contributed by atoms with Crippen LogP contribution in [0.1, 0.15) is 25.0 Å². The van der Waals surface area contributed by atoms with Gasteiger partial charge in [-0.2, -0.15) is 0 Å². The largest absolute Gasteiger partial charge is 0.493 e. The quantitative estimate of drug-likeness (QED) is 0.687. The van der Waals surface area contributed by atoms with Crippen LogP contribution in [0.25, 0.3) is 0 Å². The Balaban J connectivity index is 2.06. The van der Waals surface area contributed by atoms with E-state index < -0.39 is 0 Å². The summed E-state index contributed by atoms with van der Waals surface area (Å²) in [6.45, 7) is 6.42. The van der Waals surface area contributed by atoms with Crippen LogP contribution in [-0.4, -0.2) is 13.7 Å². The highest BCUT2D eigenvalue weighted by Gasteiger charge is 2.11. The summed E-state index contributed by atoms with van der Waals surface area (Å²) in [6.07, 6.45) is 0. The van der Waals surface area contributed by atoms with Gasteiger partial charge in [-0.25, -0.2) is 4.39 Å². The van der Waals surface area contributed by atoms with Crippen LogP contribution in [0.2, 0.25) is 0 Å². The minimum Gasteiger partial charge on any atom is -0.493 e. The van der Waals surface area contributed by atoms with E-state index in [1.165, 1.54) is 12.1 Å². The lowest BCUT2D eigenvalue weighted by Gasteiger charge is -2.15. The van der Waals surface area contributed by atoms with E-state index in [-0.39, 0.29) is 5.82 Å². The maximum Gasteiger partial charge on any atom is 0.162 e. The Labute approximate surface area is 151 Å². The molecular formula is C19H23BrFNO2. The zero-order valence-electron chi connectivity index (χ0n) is 14.2. The lowest BCUT2D eigenvalue weighted by atomic mass is 10.1. The molecule has 0 amide bonds. The van der Waals surface area contributed by atoms with Gasteiger partial charge in [0.05, 0.1) is 7.11 Å². The average Bonchev–Trinajstić information content (AvgIpc) is 2.55. The molecule has 130 valence electrons. The fourth-order valence-corrected chi connectivity index (χ4v) is 2.68. The zero-order valence-corrected chi connectivity index (χ0v) is 15.8. The lowest BCUT2D eigenvalue weighted by molar-refractivity contribution is 0.284. The molecule has 0 radical (unpaired) electrons. The van der Waals surface area contributed by atoms with Crippen molar-refractivity contribution in [3.8, 4) is 11.5 Å². The smallest absolute Gasteiger partial charge is 0.162 e. The van der Waals surface area contributed by atoms with Crippen molar-refractivity contribution in [1.29, 1.82) is 0 Å². The van der Waals surface area contributed by atoms with Gasteiger partial charge < -0.3 is 14.8 Å². The van der Waals surface area contributed by atoms with Crippen molar-refractivity contribution in [2.24, 2.45) is 5.92 Å². The molecule has 0 aromatic heterocycles. The first-order valence-electron chi connectivity index (χ1n) is 7.94. The van der Waals surface area contributed by atoms with E-state index >= 15 is 0 Å². The molecule has 2 aromatic carbocycles. The van der Waals surface area contributed by atoms with Crippen LogP contribution in [0.5, 0.6) is 11.5 Å². The topological polar surface area (TPSA) is 30.5 Å². The van der Waals surface area contributed by atoms with Crippen molar-refractivity contribution in [3.05, 3.63) is 57.8 Å². The molecule has 0 aliphatic carbocycles. The molecule has 0 bridgehead atoms. The van der Waals surface area contributed by atoms with Gasteiger partial charge in [0.2, 0.25) is 0 Å². The van der Waals surface area contributed by atoms with Gasteiger partial charge in [0, 0.05) is 11.0 Å². The fourth-order valence-electron chi connectivity index (χ4n) is 2.22. The Hall–Kier alpha value is -1.59. The average molecular weight is 396 g/mol. The number of halogens is 2. The molecule has 0 saturated heterocycles. The second kappa shape index (κ2) is 9.04. The van der Waals surface area contributed by atoms with E-state index in [1.807, 2.05) is 12.1 Å². The summed E-state index contributed by atoms with van der Waals surface area (Å²) >= 11 is 3.59. The van der Waals surface area contributed by atoms with E-state index in [0.29, 0.717) is 24.0 Å². The number of rotatable bonds is 8. The molecule has 0 spiro atoms. The molecule has 0 unspecified atom stereocenters. The molecule has 0 aliphatic rings. The second-order valence-electron chi connectivity index (χ2n) is 6.03. The Kier molecular flexibility index (Phi) is 7.06. The summed E-state index contributed by atoms with van der Waals surface area (Å²) in [7, 11) is 1.62. The first-order chi connectivity index (χ1) is 11.5. The summed E-state index contributed by atoms with van der Waals surface area (Å²) in [5.41, 5.74) is 2.01. The third kappa shape index (κ3) is 5.49. The van der Waals surface area contributed by atoms with Crippen LogP contribution in [0.4, 0.5) is 4.39 Å². The molecular weight excluding hydrogens is 373 g/mol. The van der Waals surface area contributed by atoms with Crippen LogP contribution < -0.4 is 14.8 Å². The van der Waals surface area contributed by atoms with Crippen molar-refractivity contribution in [3.63, 3.8) is 0 Å². The summed E-state index contributed by atoms with van der Waals surface area (Å²) < 4.78 is 25.2. The predicted molar refractivity (Wildman–Crippen MR) is 98.0 cm³/mol. The lowest BCUT2D eigenvalue weighted by Crippen LogP contribution is -2.19. The molecule has 0 fully saturated rings. The molecule has 2 aromatic rings. The number of nitrogens with one attached hydrogen (secondary N) is 1. The van der Waals surface area contributed by atoms with Gasteiger partial charge in [0.15, 0.2) is 11.5 Å². The highest BCUT2D eigenvalue weighted by Crippen LogP contribution is 2.34. The molecule has 3 nitrogen and oxygen atoms in total. The predicted octanol–water partition coefficient (Wildman–Crippen LogP) is 4.92. The highest BCUT2D eigenvalue weighted by molar-refractivity contribution is 9.10. The van der Waals surface area contributed by atoms with Crippen LogP contribution >= 0.6 is 15.9 Å². The monoisotopic (exact) mass is 395 g/mol. The SMILES string of the molecule is COc1cc(CNCC(C)C)c(Br)cc1OCc1ccc(F)cc1. The summed E-state index contributed by atoms with van der Waals surface area (Å²) in [5.74, 6) is 1.68. The molecule has 5 heteroatoms. The van der Waals surface area contributed by atoms with Crippen LogP contribution in [0.3, 0.4) is 0 Å². The zero-order chi connectivity index (χ0) is 17.5. The molecule has 1 N–H and O–H groups in total. The normalized spacial score (nSPS) is 10.9. The molecule has 2 rings (SSSR count). The Morgan fingerprint density at radius 3 is 2.46 bits per heavy atom. The second-order valence-corrected chi connectivity index (χ2v) is 6.89. The van der Waals surface area contributed by atoms with E-state index in [1.54, 1.807) is 19.2 Å². The molecule has 0 aliphatic heterocycles. The summed E-state index contributed by atoms with van der Waals surface area (Å²) in [6, 6.07) is 10.2. The van der Waals surface area contributed by atoms with Gasteiger partial charge >= 0.3 is 0 Å². The third-order valence-corrected chi connectivity index (χ3v) is 4.25. The number of hydrogen-bond acceptors (Lipinski definition) is 3. The van der Waals surface area contributed by atoms with Gasteiger partial charge in [-0.3, -0.25) is 0 Å². The Bertz CT molecular complexity index is 659. The maximum absolute atomic E-state index is 12.9. The number of ether oxygens (including phenoxy) is 2. The van der Waals surface area contributed by atoms with Gasteiger partial charge in [-0.15, -0.1) is 0 Å². The minimum atomic E-state index is -0.252. The Morgan fingerprint density at radius 2 is 1.83 bits per heavy atom. The van der Waals surface area contributed by atoms with Crippen molar-refractivity contribution >= 4 is 15.9 Å². The van der Waals surface area contributed by atoms with Gasteiger partial charge in [-0.05, 0) is 47.9 Å². The van der Waals surface area contributed by atoms with Crippen LogP contribution in [0.15, 0.2) is 40.9 Å². The third-order valence-electron chi connectivity index (χ3n) is 3.51. The first kappa shape index (κ1) is 18.7. The Morgan fingerprint density at radius 1 is 1.12 bits per heavy atom. The van der Waals surface area contributed by atoms with Crippen molar-refractivity contribution in [2.75, 3.05) is 13.7 Å². The molecule has 0 atom stereocenters. The minimum absolute atomic E-state index is 0.252. The van der Waals surface area contributed by atoms with E-state index in [4.69, 9.17) is 9.47 Å². The molecule has 0 heterocycles. The summed E-state index contributed by atoms with van der Waals surface area (Å²) in [5, 5.41) is 3.41. The van der Waals surface area contributed by atoms with Crippen molar-refractivity contribution in [2.45, 2.75) is 27.0 Å². The highest BCUT2D eigenvalue weighted by atomic mass is 79.9.